The van der Waals surface area contributed by atoms with E-state index in [9.17, 15) is 10.1 Å². The second-order valence-corrected chi connectivity index (χ2v) is 5.28. The zero-order valence-corrected chi connectivity index (χ0v) is 10.8. The van der Waals surface area contributed by atoms with Crippen LogP contribution >= 0.6 is 0 Å². The lowest BCUT2D eigenvalue weighted by molar-refractivity contribution is -0.384. The molecule has 0 aliphatic carbocycles. The van der Waals surface area contributed by atoms with Gasteiger partial charge < -0.3 is 9.31 Å². The fourth-order valence-corrected chi connectivity index (χ4v) is 1.64. The molecule has 7 heteroatoms. The molecule has 0 saturated carbocycles. The first-order valence-corrected chi connectivity index (χ1v) is 5.69. The molecule has 0 N–H and O–H groups in total. The molecule has 1 saturated heterocycles. The van der Waals surface area contributed by atoms with Gasteiger partial charge in [0.05, 0.1) is 21.7 Å². The van der Waals surface area contributed by atoms with E-state index in [1.165, 1.54) is 18.3 Å². The third kappa shape index (κ3) is 2.11. The second-order valence-electron chi connectivity index (χ2n) is 5.28. The van der Waals surface area contributed by atoms with Crippen molar-refractivity contribution in [3.63, 3.8) is 0 Å². The Hall–Kier alpha value is -1.47. The minimum atomic E-state index is -0.671. The average molecular weight is 250 g/mol. The van der Waals surface area contributed by atoms with E-state index in [2.05, 4.69) is 4.98 Å². The molecule has 96 valence electrons. The van der Waals surface area contributed by atoms with Gasteiger partial charge in [-0.25, -0.2) is 0 Å². The maximum absolute atomic E-state index is 10.7. The molecule has 0 unspecified atom stereocenters. The number of hydrogen-bond acceptors (Lipinski definition) is 5. The topological polar surface area (TPSA) is 74.5 Å². The Kier molecular flexibility index (Phi) is 2.91. The Bertz CT molecular complexity index is 474. The molecule has 0 bridgehead atoms. The van der Waals surface area contributed by atoms with Crippen LogP contribution in [0.5, 0.6) is 0 Å². The monoisotopic (exact) mass is 250 g/mol. The molecule has 6 nitrogen and oxygen atoms in total. The third-order valence-corrected chi connectivity index (χ3v) is 3.47. The first-order chi connectivity index (χ1) is 8.23. The Morgan fingerprint density at radius 2 is 1.83 bits per heavy atom. The highest BCUT2D eigenvalue weighted by Gasteiger charge is 2.52. The summed E-state index contributed by atoms with van der Waals surface area (Å²) in [5.41, 5.74) is -0.564. The van der Waals surface area contributed by atoms with Crippen molar-refractivity contribution in [2.24, 2.45) is 0 Å². The molecule has 0 amide bonds. The highest BCUT2D eigenvalue weighted by Crippen LogP contribution is 2.36. The summed E-state index contributed by atoms with van der Waals surface area (Å²) in [6.45, 7) is 7.68. The van der Waals surface area contributed by atoms with Crippen molar-refractivity contribution in [2.45, 2.75) is 38.9 Å². The van der Waals surface area contributed by atoms with E-state index in [0.29, 0.717) is 5.59 Å². The number of nitrogens with zero attached hydrogens (tertiary/aromatic N) is 2. The fraction of sp³-hybridized carbons (Fsp3) is 0.545. The summed E-state index contributed by atoms with van der Waals surface area (Å²) in [5.74, 6) is 0. The molecule has 18 heavy (non-hydrogen) atoms. The largest absolute Gasteiger partial charge is 0.514 e. The predicted molar refractivity (Wildman–Crippen MR) is 66.6 cm³/mol. The van der Waals surface area contributed by atoms with E-state index in [1.54, 1.807) is 0 Å². The molecular weight excluding hydrogens is 235 g/mol. The first kappa shape index (κ1) is 13.0. The maximum atomic E-state index is 10.7. The van der Waals surface area contributed by atoms with E-state index in [1.807, 2.05) is 27.7 Å². The minimum Gasteiger partial charge on any atom is -0.398 e. The van der Waals surface area contributed by atoms with Crippen LogP contribution in [0.25, 0.3) is 0 Å². The molecule has 1 aromatic heterocycles. The van der Waals surface area contributed by atoms with Gasteiger partial charge in [0.1, 0.15) is 0 Å². The summed E-state index contributed by atoms with van der Waals surface area (Å²) in [7, 11) is -0.671. The summed E-state index contributed by atoms with van der Waals surface area (Å²) in [6.07, 6.45) is 1.39. The lowest BCUT2D eigenvalue weighted by Gasteiger charge is -2.32. The zero-order chi connectivity index (χ0) is 13.6. The highest BCUT2D eigenvalue weighted by molar-refractivity contribution is 6.61. The highest BCUT2D eigenvalue weighted by atomic mass is 16.7. The predicted octanol–water partition coefficient (Wildman–Crippen LogP) is 1.29. The lowest BCUT2D eigenvalue weighted by Crippen LogP contribution is -2.41. The summed E-state index contributed by atoms with van der Waals surface area (Å²) >= 11 is 0. The van der Waals surface area contributed by atoms with Crippen molar-refractivity contribution in [3.8, 4) is 0 Å². The van der Waals surface area contributed by atoms with E-state index < -0.39 is 23.2 Å². The molecule has 1 fully saturated rings. The molecule has 1 aliphatic rings. The standard InChI is InChI=1S/C11H15BN2O4/c1-10(2)11(3,4)18-12(17-10)9-7-8(14(15)16)5-6-13-9/h5-7H,1-4H3. The van der Waals surface area contributed by atoms with Gasteiger partial charge >= 0.3 is 7.12 Å². The normalized spacial score (nSPS) is 21.0. The summed E-state index contributed by atoms with van der Waals surface area (Å²) < 4.78 is 11.6. The van der Waals surface area contributed by atoms with Gasteiger partial charge in [0.25, 0.3) is 5.69 Å². The Morgan fingerprint density at radius 1 is 1.28 bits per heavy atom. The van der Waals surface area contributed by atoms with Crippen molar-refractivity contribution in [1.82, 2.24) is 4.98 Å². The Balaban J connectivity index is 2.30. The molecule has 2 rings (SSSR count). The molecular formula is C11H15BN2O4. The number of nitro groups is 1. The van der Waals surface area contributed by atoms with Gasteiger partial charge in [-0.3, -0.25) is 15.1 Å². The van der Waals surface area contributed by atoms with Gasteiger partial charge in [-0.2, -0.15) is 0 Å². The summed E-state index contributed by atoms with van der Waals surface area (Å²) in [6, 6.07) is 2.72. The van der Waals surface area contributed by atoms with Crippen LogP contribution in [0.1, 0.15) is 27.7 Å². The van der Waals surface area contributed by atoms with Crippen LogP contribution in [0.3, 0.4) is 0 Å². The van der Waals surface area contributed by atoms with Gasteiger partial charge in [0, 0.05) is 18.3 Å². The third-order valence-electron chi connectivity index (χ3n) is 3.47. The minimum absolute atomic E-state index is 0.0188. The fourth-order valence-electron chi connectivity index (χ4n) is 1.64. The Labute approximate surface area is 106 Å². The van der Waals surface area contributed by atoms with Crippen molar-refractivity contribution >= 4 is 18.4 Å². The van der Waals surface area contributed by atoms with E-state index in [4.69, 9.17) is 9.31 Å². The van der Waals surface area contributed by atoms with Gasteiger partial charge in [0.15, 0.2) is 0 Å². The van der Waals surface area contributed by atoms with Gasteiger partial charge in [-0.1, -0.05) is 0 Å². The van der Waals surface area contributed by atoms with Crippen LogP contribution in [0, 0.1) is 10.1 Å². The zero-order valence-electron chi connectivity index (χ0n) is 10.8. The first-order valence-electron chi connectivity index (χ1n) is 5.69. The van der Waals surface area contributed by atoms with Crippen LogP contribution in [0.2, 0.25) is 0 Å². The van der Waals surface area contributed by atoms with Gasteiger partial charge in [-0.05, 0) is 27.7 Å². The maximum Gasteiger partial charge on any atom is 0.514 e. The van der Waals surface area contributed by atoms with E-state index in [0.717, 1.165) is 0 Å². The molecule has 0 spiro atoms. The average Bonchev–Trinajstić information content (AvgIpc) is 2.48. The van der Waals surface area contributed by atoms with Crippen LogP contribution in [0.4, 0.5) is 5.69 Å². The summed E-state index contributed by atoms with van der Waals surface area (Å²) in [4.78, 5) is 14.3. The summed E-state index contributed by atoms with van der Waals surface area (Å²) in [5, 5.41) is 10.7. The van der Waals surface area contributed by atoms with Gasteiger partial charge in [-0.15, -0.1) is 0 Å². The van der Waals surface area contributed by atoms with Crippen molar-refractivity contribution in [1.29, 1.82) is 0 Å². The van der Waals surface area contributed by atoms with Crippen molar-refractivity contribution in [2.75, 3.05) is 0 Å². The number of rotatable bonds is 2. The second kappa shape index (κ2) is 4.03. The molecule has 1 aromatic rings. The Morgan fingerprint density at radius 3 is 2.33 bits per heavy atom. The molecule has 0 radical (unpaired) electrons. The van der Waals surface area contributed by atoms with E-state index >= 15 is 0 Å². The quantitative estimate of drug-likeness (QED) is 0.449. The number of hydrogen-bond donors (Lipinski definition) is 0. The van der Waals surface area contributed by atoms with E-state index in [-0.39, 0.29) is 5.69 Å². The number of pyridine rings is 1. The molecule has 0 aromatic carbocycles. The van der Waals surface area contributed by atoms with Crippen LogP contribution in [-0.2, 0) is 9.31 Å². The van der Waals surface area contributed by atoms with Crippen LogP contribution < -0.4 is 5.59 Å². The SMILES string of the molecule is CC1(C)OB(c2cc([N+](=O)[O-])ccn2)OC1(C)C. The van der Waals surface area contributed by atoms with Crippen molar-refractivity contribution < 1.29 is 14.2 Å². The molecule has 1 aliphatic heterocycles. The lowest BCUT2D eigenvalue weighted by atomic mass is 9.84. The molecule has 2 heterocycles. The van der Waals surface area contributed by atoms with Gasteiger partial charge in [0.2, 0.25) is 0 Å². The number of aromatic nitrogens is 1. The van der Waals surface area contributed by atoms with Crippen molar-refractivity contribution in [3.05, 3.63) is 28.4 Å². The smallest absolute Gasteiger partial charge is 0.398 e. The molecule has 0 atom stereocenters. The van der Waals surface area contributed by atoms with Crippen LogP contribution in [0.15, 0.2) is 18.3 Å². The van der Waals surface area contributed by atoms with Crippen LogP contribution in [-0.4, -0.2) is 28.2 Å².